The summed E-state index contributed by atoms with van der Waals surface area (Å²) in [6, 6.07) is 7.64. The Morgan fingerprint density at radius 3 is 2.42 bits per heavy atom. The summed E-state index contributed by atoms with van der Waals surface area (Å²) < 4.78 is 39.5. The van der Waals surface area contributed by atoms with Gasteiger partial charge in [0.15, 0.2) is 4.21 Å². The summed E-state index contributed by atoms with van der Waals surface area (Å²) in [4.78, 5) is 32.2. The second-order valence-corrected chi connectivity index (χ2v) is 14.9. The third-order valence-corrected chi connectivity index (χ3v) is 10.8. The molecule has 0 radical (unpaired) electrons. The molecule has 43 heavy (non-hydrogen) atoms. The highest BCUT2D eigenvalue weighted by atomic mass is 32.2. The van der Waals surface area contributed by atoms with E-state index in [9.17, 15) is 13.2 Å². The molecule has 4 heterocycles. The molecule has 1 aromatic carbocycles. The Morgan fingerprint density at radius 2 is 1.79 bits per heavy atom. The minimum atomic E-state index is -3.90. The topological polar surface area (TPSA) is 128 Å². The fourth-order valence-electron chi connectivity index (χ4n) is 5.23. The van der Waals surface area contributed by atoms with E-state index in [1.807, 2.05) is 39.0 Å². The van der Waals surface area contributed by atoms with Crippen LogP contribution in [0.25, 0.3) is 22.0 Å². The first kappa shape index (κ1) is 30.6. The van der Waals surface area contributed by atoms with E-state index >= 15 is 0 Å². The lowest BCUT2D eigenvalue weighted by molar-refractivity contribution is 0.0204. The highest BCUT2D eigenvalue weighted by molar-refractivity contribution is 7.94. The van der Waals surface area contributed by atoms with Gasteiger partial charge >= 0.3 is 6.09 Å². The number of nitrogens with zero attached hydrogens (tertiary/aromatic N) is 6. The Balaban J connectivity index is 1.46. The molecule has 1 fully saturated rings. The molecular weight excluding hydrogens is 589 g/mol. The first-order valence-corrected chi connectivity index (χ1v) is 16.2. The van der Waals surface area contributed by atoms with E-state index < -0.39 is 15.6 Å². The highest BCUT2D eigenvalue weighted by Gasteiger charge is 2.30. The van der Waals surface area contributed by atoms with Gasteiger partial charge in [0, 0.05) is 43.2 Å². The molecule has 0 unspecified atom stereocenters. The van der Waals surface area contributed by atoms with E-state index in [2.05, 4.69) is 19.9 Å². The number of ether oxygens (including phenoxy) is 2. The van der Waals surface area contributed by atoms with Gasteiger partial charge in [0.05, 0.1) is 29.0 Å². The average Bonchev–Trinajstić information content (AvgIpc) is 3.33. The van der Waals surface area contributed by atoms with E-state index in [1.54, 1.807) is 37.3 Å². The lowest BCUT2D eigenvalue weighted by Gasteiger charge is -2.33. The minimum absolute atomic E-state index is 0.145. The molecule has 3 aromatic heterocycles. The van der Waals surface area contributed by atoms with Crippen LogP contribution in [-0.4, -0.2) is 72.2 Å². The Morgan fingerprint density at radius 1 is 1.07 bits per heavy atom. The minimum Gasteiger partial charge on any atom is -0.479 e. The van der Waals surface area contributed by atoms with Gasteiger partial charge in [0.2, 0.25) is 5.88 Å². The number of amides is 1. The number of likely N-dealkylation sites (tertiary alicyclic amines) is 1. The zero-order chi connectivity index (χ0) is 31.1. The number of benzene rings is 1. The number of thiazole rings is 1. The van der Waals surface area contributed by atoms with E-state index in [0.29, 0.717) is 35.0 Å². The van der Waals surface area contributed by atoms with Crippen LogP contribution in [0.3, 0.4) is 0 Å². The second kappa shape index (κ2) is 11.7. The van der Waals surface area contributed by atoms with Crippen LogP contribution in [0.15, 0.2) is 41.0 Å². The number of aromatic nitrogens is 4. The molecule has 0 aliphatic carbocycles. The van der Waals surface area contributed by atoms with E-state index in [4.69, 9.17) is 9.47 Å². The molecule has 1 aliphatic rings. The van der Waals surface area contributed by atoms with Gasteiger partial charge in [-0.15, -0.1) is 11.3 Å². The van der Waals surface area contributed by atoms with Crippen LogP contribution < -0.4 is 9.04 Å². The van der Waals surface area contributed by atoms with Gasteiger partial charge in [-0.1, -0.05) is 6.07 Å². The number of piperidine rings is 1. The molecule has 0 bridgehead atoms. The Hall–Kier alpha value is -3.84. The predicted molar refractivity (Wildman–Crippen MR) is 166 cm³/mol. The fourth-order valence-corrected chi connectivity index (χ4v) is 8.05. The number of anilines is 1. The van der Waals surface area contributed by atoms with Crippen LogP contribution in [0.4, 0.5) is 10.5 Å². The maximum atomic E-state index is 13.6. The molecule has 5 rings (SSSR count). The van der Waals surface area contributed by atoms with Crippen molar-refractivity contribution in [2.75, 3.05) is 31.6 Å². The summed E-state index contributed by atoms with van der Waals surface area (Å²) in [5.41, 5.74) is 3.50. The van der Waals surface area contributed by atoms with Gasteiger partial charge < -0.3 is 14.4 Å². The first-order chi connectivity index (χ1) is 20.3. The molecule has 1 saturated heterocycles. The van der Waals surface area contributed by atoms with Crippen molar-refractivity contribution in [3.05, 3.63) is 53.2 Å². The van der Waals surface area contributed by atoms with Crippen molar-refractivity contribution < 1.29 is 22.7 Å². The van der Waals surface area contributed by atoms with Crippen LogP contribution in [0.5, 0.6) is 5.88 Å². The Kier molecular flexibility index (Phi) is 8.32. The van der Waals surface area contributed by atoms with Gasteiger partial charge in [-0.3, -0.25) is 4.31 Å². The molecule has 0 N–H and O–H groups in total. The number of aryl methyl sites for hydroxylation is 2. The van der Waals surface area contributed by atoms with Crippen molar-refractivity contribution in [1.82, 2.24) is 24.8 Å². The number of rotatable bonds is 6. The molecule has 0 atom stereocenters. The number of carbonyl (C=O) groups is 1. The zero-order valence-corrected chi connectivity index (χ0v) is 27.0. The molecular formula is C30H36N6O5S2. The van der Waals surface area contributed by atoms with E-state index in [0.717, 1.165) is 46.3 Å². The molecule has 13 heteroatoms. The Bertz CT molecular complexity index is 1780. The Labute approximate surface area is 256 Å². The largest absolute Gasteiger partial charge is 0.479 e. The van der Waals surface area contributed by atoms with Crippen molar-refractivity contribution >= 4 is 44.0 Å². The van der Waals surface area contributed by atoms with Crippen LogP contribution >= 0.6 is 11.3 Å². The fraction of sp³-hybridized carbons (Fsp3) is 0.433. The zero-order valence-electron chi connectivity index (χ0n) is 25.4. The average molecular weight is 625 g/mol. The maximum absolute atomic E-state index is 13.6. The van der Waals surface area contributed by atoms with Crippen LogP contribution in [0, 0.1) is 13.8 Å². The van der Waals surface area contributed by atoms with Crippen molar-refractivity contribution in [2.24, 2.45) is 0 Å². The van der Waals surface area contributed by atoms with Crippen molar-refractivity contribution in [3.8, 4) is 17.0 Å². The lowest BCUT2D eigenvalue weighted by Crippen LogP contribution is -2.41. The number of hydrogen-bond donors (Lipinski definition) is 0. The number of methoxy groups -OCH3 is 1. The monoisotopic (exact) mass is 624 g/mol. The normalized spacial score (nSPS) is 14.6. The van der Waals surface area contributed by atoms with Gasteiger partial charge in [-0.05, 0) is 71.2 Å². The lowest BCUT2D eigenvalue weighted by atomic mass is 9.90. The third kappa shape index (κ3) is 6.28. The van der Waals surface area contributed by atoms with Crippen molar-refractivity contribution in [1.29, 1.82) is 0 Å². The number of hydrogen-bond acceptors (Lipinski definition) is 10. The summed E-state index contributed by atoms with van der Waals surface area (Å²) in [6.45, 7) is 10.2. The molecule has 1 amide bonds. The van der Waals surface area contributed by atoms with E-state index in [-0.39, 0.29) is 22.1 Å². The maximum Gasteiger partial charge on any atom is 0.410 e. The quantitative estimate of drug-likeness (QED) is 0.265. The van der Waals surface area contributed by atoms with Gasteiger partial charge in [-0.2, -0.15) is 0 Å². The van der Waals surface area contributed by atoms with Crippen molar-refractivity contribution in [3.63, 3.8) is 0 Å². The number of pyridine rings is 1. The summed E-state index contributed by atoms with van der Waals surface area (Å²) in [7, 11) is -0.948. The predicted octanol–water partition coefficient (Wildman–Crippen LogP) is 5.71. The third-order valence-electron chi connectivity index (χ3n) is 7.35. The summed E-state index contributed by atoms with van der Waals surface area (Å²) in [5.74, 6) is 0.335. The van der Waals surface area contributed by atoms with Gasteiger partial charge in [0.25, 0.3) is 10.0 Å². The molecule has 0 saturated carbocycles. The molecule has 4 aromatic rings. The first-order valence-electron chi connectivity index (χ1n) is 14.0. The number of fused-ring (bicyclic) bond motifs is 1. The number of sulfonamides is 1. The molecule has 11 nitrogen and oxygen atoms in total. The molecule has 1 aliphatic heterocycles. The summed E-state index contributed by atoms with van der Waals surface area (Å²) >= 11 is 1.13. The molecule has 228 valence electrons. The van der Waals surface area contributed by atoms with Crippen LogP contribution in [0.2, 0.25) is 0 Å². The van der Waals surface area contributed by atoms with Crippen molar-refractivity contribution in [2.45, 2.75) is 63.2 Å². The van der Waals surface area contributed by atoms with E-state index in [1.165, 1.54) is 18.5 Å². The SMILES string of the molecule is COc1ncc(-c2ccc3ncnc(C4CCN(C(=O)OC(C)(C)C)CC4)c3c2)cc1N(C)S(=O)(=O)c1sc(C)nc1C. The van der Waals surface area contributed by atoms with Gasteiger partial charge in [0.1, 0.15) is 17.6 Å². The van der Waals surface area contributed by atoms with Crippen LogP contribution in [-0.2, 0) is 14.8 Å². The highest BCUT2D eigenvalue weighted by Crippen LogP contribution is 2.37. The summed E-state index contributed by atoms with van der Waals surface area (Å²) in [6.07, 6.45) is 4.45. The second-order valence-electron chi connectivity index (χ2n) is 11.6. The summed E-state index contributed by atoms with van der Waals surface area (Å²) in [5, 5.41) is 1.58. The number of carbonyl (C=O) groups excluding carboxylic acids is 1. The van der Waals surface area contributed by atoms with Crippen LogP contribution in [0.1, 0.15) is 55.9 Å². The van der Waals surface area contributed by atoms with Gasteiger partial charge in [-0.25, -0.2) is 33.1 Å². The smallest absolute Gasteiger partial charge is 0.410 e. The standard InChI is InChI=1S/C30H36N6O5S2/c1-18-28(42-19(2)34-18)43(38,39)35(6)25-15-22(16-31-27(25)40-7)21-8-9-24-23(14-21)26(33-17-32-24)20-10-12-36(13-11-20)29(37)41-30(3,4)5/h8-9,14-17,20H,10-13H2,1-7H3. The molecule has 0 spiro atoms.